The number of aliphatic hydroxyl groups excluding tert-OH is 1. The SMILES string of the molecule is CCC(CC)OC(=O)OCOC(=O)C1=C(S[C@H]2C[C@@H](C(=O)N(C)C)N(C(=O)OCOC(=O)C(C)C)C2)[C@H](C)[C@@H]2[C@@H]([C@@H](C)O)C(=O)N12. The summed E-state index contributed by atoms with van der Waals surface area (Å²) in [6.07, 6.45) is -1.79. The number of β-lactam (4-membered cyclic amide) rings is 1. The molecule has 2 fully saturated rings. The minimum atomic E-state index is -0.995. The quantitative estimate of drug-likeness (QED) is 0.131. The van der Waals surface area contributed by atoms with E-state index in [1.807, 2.05) is 20.8 Å². The number of aliphatic hydroxyl groups is 1. The summed E-state index contributed by atoms with van der Waals surface area (Å²) in [5.41, 5.74) is -0.0431. The molecule has 3 aliphatic rings. The van der Waals surface area contributed by atoms with Gasteiger partial charge in [0.25, 0.3) is 0 Å². The van der Waals surface area contributed by atoms with Crippen molar-refractivity contribution in [2.45, 2.75) is 90.3 Å². The first-order chi connectivity index (χ1) is 21.6. The Morgan fingerprint density at radius 3 is 2.20 bits per heavy atom. The fourth-order valence-electron chi connectivity index (χ4n) is 5.68. The van der Waals surface area contributed by atoms with Crippen LogP contribution in [0.15, 0.2) is 10.6 Å². The second-order valence-corrected chi connectivity index (χ2v) is 13.3. The molecule has 0 saturated carbocycles. The first kappa shape index (κ1) is 36.9. The second-order valence-electron chi connectivity index (χ2n) is 12.0. The van der Waals surface area contributed by atoms with Gasteiger partial charge in [-0.2, -0.15) is 0 Å². The van der Waals surface area contributed by atoms with E-state index in [0.29, 0.717) is 17.7 Å². The molecule has 3 amide bonds. The molecular formula is C30H45N3O12S. The van der Waals surface area contributed by atoms with E-state index in [1.54, 1.807) is 27.9 Å². The lowest BCUT2D eigenvalue weighted by molar-refractivity contribution is -0.167. The predicted molar refractivity (Wildman–Crippen MR) is 162 cm³/mol. The average molecular weight is 672 g/mol. The molecule has 0 bridgehead atoms. The van der Waals surface area contributed by atoms with Crippen LogP contribution in [0.25, 0.3) is 0 Å². The number of likely N-dealkylation sites (N-methyl/N-ethyl adjacent to an activating group) is 1. The summed E-state index contributed by atoms with van der Waals surface area (Å²) in [6, 6.07) is -1.41. The van der Waals surface area contributed by atoms with Crippen LogP contribution >= 0.6 is 11.8 Å². The number of likely N-dealkylation sites (tertiary alicyclic amines) is 1. The van der Waals surface area contributed by atoms with Gasteiger partial charge in [0.05, 0.1) is 24.0 Å². The van der Waals surface area contributed by atoms with Gasteiger partial charge in [-0.1, -0.05) is 34.6 Å². The maximum absolute atomic E-state index is 13.4. The molecule has 0 aromatic rings. The third-order valence-electron chi connectivity index (χ3n) is 8.21. The van der Waals surface area contributed by atoms with E-state index < -0.39 is 84.9 Å². The zero-order valence-corrected chi connectivity index (χ0v) is 28.4. The monoisotopic (exact) mass is 671 g/mol. The van der Waals surface area contributed by atoms with Crippen LogP contribution in [-0.4, -0.2) is 120 Å². The van der Waals surface area contributed by atoms with Gasteiger partial charge in [0.15, 0.2) is 0 Å². The fraction of sp³-hybridized carbons (Fsp3) is 0.733. The molecule has 0 unspecified atom stereocenters. The van der Waals surface area contributed by atoms with Gasteiger partial charge < -0.3 is 38.6 Å². The van der Waals surface area contributed by atoms with E-state index in [4.69, 9.17) is 23.7 Å². The lowest BCUT2D eigenvalue weighted by Crippen LogP contribution is -2.63. The molecular weight excluding hydrogens is 626 g/mol. The summed E-state index contributed by atoms with van der Waals surface area (Å²) in [6.45, 7) is 8.99. The molecule has 0 spiro atoms. The zero-order valence-electron chi connectivity index (χ0n) is 27.5. The highest BCUT2D eigenvalue weighted by Crippen LogP contribution is 2.52. The number of ether oxygens (including phenoxy) is 5. The van der Waals surface area contributed by atoms with Crippen molar-refractivity contribution in [1.82, 2.24) is 14.7 Å². The van der Waals surface area contributed by atoms with Crippen molar-refractivity contribution >= 4 is 47.8 Å². The Hall–Kier alpha value is -3.53. The Bertz CT molecular complexity index is 1220. The maximum atomic E-state index is 13.4. The summed E-state index contributed by atoms with van der Waals surface area (Å²) in [7, 11) is 3.11. The van der Waals surface area contributed by atoms with Crippen LogP contribution < -0.4 is 0 Å². The molecule has 46 heavy (non-hydrogen) atoms. The van der Waals surface area contributed by atoms with Gasteiger partial charge in [-0.3, -0.25) is 19.3 Å². The number of esters is 2. The molecule has 0 aromatic heterocycles. The average Bonchev–Trinajstić information content (AvgIpc) is 3.52. The van der Waals surface area contributed by atoms with Crippen LogP contribution in [0, 0.1) is 17.8 Å². The number of thioether (sulfide) groups is 1. The molecule has 3 rings (SSSR count). The largest absolute Gasteiger partial charge is 0.511 e. The first-order valence-corrected chi connectivity index (χ1v) is 16.3. The molecule has 3 heterocycles. The van der Waals surface area contributed by atoms with E-state index >= 15 is 0 Å². The third-order valence-corrected chi connectivity index (χ3v) is 9.71. The molecule has 0 radical (unpaired) electrons. The molecule has 15 nitrogen and oxygen atoms in total. The lowest BCUT2D eigenvalue weighted by Gasteiger charge is -2.46. The van der Waals surface area contributed by atoms with Gasteiger partial charge in [-0.15, -0.1) is 11.8 Å². The molecule has 0 aromatic carbocycles. The van der Waals surface area contributed by atoms with Gasteiger partial charge in [0.2, 0.25) is 25.4 Å². The topological polar surface area (TPSA) is 179 Å². The van der Waals surface area contributed by atoms with E-state index in [0.717, 1.165) is 0 Å². The number of carbonyl (C=O) groups excluding carboxylic acids is 6. The third kappa shape index (κ3) is 8.06. The minimum absolute atomic E-state index is 0.0431. The first-order valence-electron chi connectivity index (χ1n) is 15.4. The normalized spacial score (nSPS) is 24.4. The van der Waals surface area contributed by atoms with Crippen LogP contribution in [0.2, 0.25) is 0 Å². The number of fused-ring (bicyclic) bond motifs is 1. The van der Waals surface area contributed by atoms with Crippen LogP contribution in [0.1, 0.15) is 60.8 Å². The van der Waals surface area contributed by atoms with Crippen molar-refractivity contribution in [3.05, 3.63) is 10.6 Å². The number of amides is 3. The maximum Gasteiger partial charge on any atom is 0.511 e. The highest BCUT2D eigenvalue weighted by Gasteiger charge is 2.60. The van der Waals surface area contributed by atoms with Crippen molar-refractivity contribution in [2.24, 2.45) is 17.8 Å². The van der Waals surface area contributed by atoms with Crippen molar-refractivity contribution in [3.63, 3.8) is 0 Å². The Kier molecular flexibility index (Phi) is 12.7. The zero-order chi connectivity index (χ0) is 34.5. The summed E-state index contributed by atoms with van der Waals surface area (Å²) in [4.78, 5) is 80.7. The smallest absolute Gasteiger partial charge is 0.431 e. The second kappa shape index (κ2) is 15.8. The van der Waals surface area contributed by atoms with Gasteiger partial charge in [0.1, 0.15) is 17.8 Å². The fourth-order valence-corrected chi connectivity index (χ4v) is 7.20. The molecule has 0 aliphatic carbocycles. The van der Waals surface area contributed by atoms with Crippen LogP contribution in [-0.2, 0) is 42.9 Å². The van der Waals surface area contributed by atoms with Gasteiger partial charge >= 0.3 is 24.2 Å². The molecule has 3 aliphatic heterocycles. The van der Waals surface area contributed by atoms with Crippen molar-refractivity contribution in [3.8, 4) is 0 Å². The van der Waals surface area contributed by atoms with E-state index in [-0.39, 0.29) is 30.7 Å². The highest BCUT2D eigenvalue weighted by atomic mass is 32.2. The molecule has 16 heteroatoms. The number of hydrogen-bond acceptors (Lipinski definition) is 13. The van der Waals surface area contributed by atoms with Gasteiger partial charge in [-0.25, -0.2) is 14.4 Å². The Morgan fingerprint density at radius 1 is 1.00 bits per heavy atom. The number of nitrogens with zero attached hydrogens (tertiary/aromatic N) is 3. The summed E-state index contributed by atoms with van der Waals surface area (Å²) >= 11 is 1.23. The van der Waals surface area contributed by atoms with Crippen LogP contribution in [0.5, 0.6) is 0 Å². The molecule has 1 N–H and O–H groups in total. The highest BCUT2D eigenvalue weighted by molar-refractivity contribution is 8.03. The minimum Gasteiger partial charge on any atom is -0.431 e. The van der Waals surface area contributed by atoms with Crippen molar-refractivity contribution in [2.75, 3.05) is 34.2 Å². The van der Waals surface area contributed by atoms with Crippen molar-refractivity contribution < 1.29 is 57.6 Å². The van der Waals surface area contributed by atoms with Gasteiger partial charge in [-0.05, 0) is 26.2 Å². The van der Waals surface area contributed by atoms with E-state index in [2.05, 4.69) is 0 Å². The van der Waals surface area contributed by atoms with Crippen LogP contribution in [0.3, 0.4) is 0 Å². The predicted octanol–water partition coefficient (Wildman–Crippen LogP) is 2.46. The summed E-state index contributed by atoms with van der Waals surface area (Å²) < 4.78 is 25.4. The van der Waals surface area contributed by atoms with Gasteiger partial charge in [0, 0.05) is 36.7 Å². The van der Waals surface area contributed by atoms with Crippen LogP contribution in [0.4, 0.5) is 9.59 Å². The van der Waals surface area contributed by atoms with E-state index in [9.17, 15) is 33.9 Å². The standard InChI is InChI=1S/C30H45N3O12S/c1-9-18(10-2)45-30(40)44-14-42-28(38)23-24(16(5)22-21(17(6)34)26(36)33(22)23)46-19-11-20(25(35)31(7)8)32(12-19)29(39)43-13-41-27(37)15(3)4/h15-22,34H,9-14H2,1-8H3/t16-,17-,19+,20+,21-,22-/m1/s1. The van der Waals surface area contributed by atoms with Crippen molar-refractivity contribution in [1.29, 1.82) is 0 Å². The molecule has 258 valence electrons. The molecule has 2 saturated heterocycles. The molecule has 6 atom stereocenters. The lowest BCUT2D eigenvalue weighted by atomic mass is 9.79. The number of hydrogen-bond donors (Lipinski definition) is 1. The Labute approximate surface area is 272 Å². The Morgan fingerprint density at radius 2 is 1.63 bits per heavy atom. The number of rotatable bonds is 13. The van der Waals surface area contributed by atoms with E-state index in [1.165, 1.54) is 33.4 Å². The summed E-state index contributed by atoms with van der Waals surface area (Å²) in [5.74, 6) is -3.81. The number of carbonyl (C=O) groups is 6. The summed E-state index contributed by atoms with van der Waals surface area (Å²) in [5, 5.41) is 9.89. The Balaban J connectivity index is 1.80.